The monoisotopic (exact) mass is 394 g/mol. The molecular weight excluding hydrogens is 372 g/mol. The van der Waals surface area contributed by atoms with Crippen molar-refractivity contribution in [1.29, 1.82) is 0 Å². The molecule has 1 N–H and O–H groups in total. The molecule has 3 rings (SSSR count). The van der Waals surface area contributed by atoms with Gasteiger partial charge in [0.2, 0.25) is 0 Å². The highest BCUT2D eigenvalue weighted by Gasteiger charge is 2.36. The summed E-state index contributed by atoms with van der Waals surface area (Å²) in [7, 11) is 1.55. The van der Waals surface area contributed by atoms with Crippen LogP contribution in [0.25, 0.3) is 6.08 Å². The number of amides is 4. The third-order valence-corrected chi connectivity index (χ3v) is 4.39. The Kier molecular flexibility index (Phi) is 6.29. The predicted octanol–water partition coefficient (Wildman–Crippen LogP) is 3.54. The Balaban J connectivity index is 1.83. The molecule has 0 radical (unpaired) electrons. The third kappa shape index (κ3) is 4.63. The molecule has 1 aliphatic rings. The fourth-order valence-electron chi connectivity index (χ4n) is 2.78. The van der Waals surface area contributed by atoms with Crippen LogP contribution in [0.2, 0.25) is 0 Å². The largest absolute Gasteiger partial charge is 0.497 e. The number of barbiturate groups is 1. The highest BCUT2D eigenvalue weighted by molar-refractivity contribution is 6.39. The lowest BCUT2D eigenvalue weighted by molar-refractivity contribution is -0.122. The fourth-order valence-corrected chi connectivity index (χ4v) is 2.78. The van der Waals surface area contributed by atoms with Crippen LogP contribution in [-0.4, -0.2) is 31.6 Å². The van der Waals surface area contributed by atoms with Gasteiger partial charge in [-0.1, -0.05) is 25.5 Å². The zero-order valence-electron chi connectivity index (χ0n) is 16.3. The lowest BCUT2D eigenvalue weighted by atomic mass is 10.1. The van der Waals surface area contributed by atoms with Crippen molar-refractivity contribution in [3.8, 4) is 11.5 Å². The summed E-state index contributed by atoms with van der Waals surface area (Å²) < 4.78 is 10.7. The molecule has 1 aliphatic heterocycles. The number of nitrogens with zero attached hydrogens (tertiary/aromatic N) is 1. The zero-order valence-corrected chi connectivity index (χ0v) is 16.3. The van der Waals surface area contributed by atoms with Gasteiger partial charge in [0.15, 0.2) is 0 Å². The minimum Gasteiger partial charge on any atom is -0.497 e. The van der Waals surface area contributed by atoms with Crippen LogP contribution in [0.15, 0.2) is 54.1 Å². The van der Waals surface area contributed by atoms with Crippen LogP contribution in [-0.2, 0) is 9.59 Å². The number of imide groups is 2. The molecule has 1 saturated heterocycles. The van der Waals surface area contributed by atoms with E-state index in [-0.39, 0.29) is 5.57 Å². The minimum absolute atomic E-state index is 0.127. The molecule has 0 atom stereocenters. The molecule has 0 unspecified atom stereocenters. The molecule has 1 heterocycles. The van der Waals surface area contributed by atoms with Gasteiger partial charge in [-0.05, 0) is 54.5 Å². The molecule has 29 heavy (non-hydrogen) atoms. The normalized spacial score (nSPS) is 15.4. The topological polar surface area (TPSA) is 84.9 Å². The number of anilines is 1. The van der Waals surface area contributed by atoms with E-state index in [0.717, 1.165) is 17.7 Å². The van der Waals surface area contributed by atoms with Gasteiger partial charge in [0.1, 0.15) is 17.1 Å². The van der Waals surface area contributed by atoms with Gasteiger partial charge < -0.3 is 9.47 Å². The minimum atomic E-state index is -0.786. The lowest BCUT2D eigenvalue weighted by Gasteiger charge is -2.26. The molecule has 7 nitrogen and oxygen atoms in total. The average molecular weight is 394 g/mol. The van der Waals surface area contributed by atoms with Gasteiger partial charge in [-0.3, -0.25) is 14.9 Å². The number of carbonyl (C=O) groups is 3. The first-order valence-electron chi connectivity index (χ1n) is 9.32. The molecule has 2 aromatic rings. The number of urea groups is 1. The van der Waals surface area contributed by atoms with Crippen molar-refractivity contribution in [3.63, 3.8) is 0 Å². The SMILES string of the molecule is CCCCOc1ccc(N2C(=O)NC(=O)/C(=C/c3ccc(OC)cc3)C2=O)cc1. The summed E-state index contributed by atoms with van der Waals surface area (Å²) in [5.74, 6) is -0.109. The number of methoxy groups -OCH3 is 1. The van der Waals surface area contributed by atoms with Gasteiger partial charge in [0.25, 0.3) is 11.8 Å². The number of rotatable bonds is 7. The predicted molar refractivity (Wildman–Crippen MR) is 109 cm³/mol. The van der Waals surface area contributed by atoms with Crippen LogP contribution >= 0.6 is 0 Å². The van der Waals surface area contributed by atoms with Crippen molar-refractivity contribution in [1.82, 2.24) is 5.32 Å². The second-order valence-corrected chi connectivity index (χ2v) is 6.43. The van der Waals surface area contributed by atoms with Crippen molar-refractivity contribution in [2.24, 2.45) is 0 Å². The highest BCUT2D eigenvalue weighted by atomic mass is 16.5. The number of carbonyl (C=O) groups excluding carboxylic acids is 3. The van der Waals surface area contributed by atoms with Gasteiger partial charge in [-0.25, -0.2) is 9.69 Å². The third-order valence-electron chi connectivity index (χ3n) is 4.39. The van der Waals surface area contributed by atoms with Crippen molar-refractivity contribution >= 4 is 29.6 Å². The standard InChI is InChI=1S/C22H22N2O5/c1-3-4-13-29-18-11-7-16(8-12-18)24-21(26)19(20(25)23-22(24)27)14-15-5-9-17(28-2)10-6-15/h5-12,14H,3-4,13H2,1-2H3,(H,23,25,27)/b19-14-. The number of nitrogens with one attached hydrogen (secondary N) is 1. The Hall–Kier alpha value is -3.61. The molecule has 0 aromatic heterocycles. The van der Waals surface area contributed by atoms with Gasteiger partial charge in [0, 0.05) is 0 Å². The van der Waals surface area contributed by atoms with Crippen molar-refractivity contribution in [3.05, 3.63) is 59.7 Å². The first kappa shape index (κ1) is 20.1. The Morgan fingerprint density at radius 2 is 1.62 bits per heavy atom. The second kappa shape index (κ2) is 9.05. The lowest BCUT2D eigenvalue weighted by Crippen LogP contribution is -2.54. The molecule has 0 saturated carbocycles. The van der Waals surface area contributed by atoms with Crippen LogP contribution < -0.4 is 19.7 Å². The molecule has 0 spiro atoms. The number of ether oxygens (including phenoxy) is 2. The van der Waals surface area contributed by atoms with Crippen LogP contribution in [0.3, 0.4) is 0 Å². The first-order chi connectivity index (χ1) is 14.0. The van der Waals surface area contributed by atoms with E-state index in [1.54, 1.807) is 55.6 Å². The Labute approximate surface area is 168 Å². The number of unbranched alkanes of at least 4 members (excludes halogenated alkanes) is 1. The first-order valence-corrected chi connectivity index (χ1v) is 9.32. The molecular formula is C22H22N2O5. The fraction of sp³-hybridized carbons (Fsp3) is 0.227. The van der Waals surface area contributed by atoms with E-state index in [0.29, 0.717) is 29.4 Å². The summed E-state index contributed by atoms with van der Waals surface area (Å²) in [5, 5.41) is 2.21. The van der Waals surface area contributed by atoms with Crippen LogP contribution in [0, 0.1) is 0 Å². The van der Waals surface area contributed by atoms with E-state index < -0.39 is 17.8 Å². The van der Waals surface area contributed by atoms with E-state index in [1.165, 1.54) is 6.08 Å². The van der Waals surface area contributed by atoms with Gasteiger partial charge in [-0.2, -0.15) is 0 Å². The maximum Gasteiger partial charge on any atom is 0.335 e. The van der Waals surface area contributed by atoms with Crippen LogP contribution in [0.1, 0.15) is 25.3 Å². The quantitative estimate of drug-likeness (QED) is 0.441. The van der Waals surface area contributed by atoms with Gasteiger partial charge in [0.05, 0.1) is 19.4 Å². The smallest absolute Gasteiger partial charge is 0.335 e. The van der Waals surface area contributed by atoms with E-state index in [1.807, 2.05) is 0 Å². The van der Waals surface area contributed by atoms with Crippen molar-refractivity contribution in [2.45, 2.75) is 19.8 Å². The maximum atomic E-state index is 12.9. The van der Waals surface area contributed by atoms with Gasteiger partial charge in [-0.15, -0.1) is 0 Å². The number of benzene rings is 2. The average Bonchev–Trinajstić information content (AvgIpc) is 2.73. The van der Waals surface area contributed by atoms with E-state index in [2.05, 4.69) is 12.2 Å². The second-order valence-electron chi connectivity index (χ2n) is 6.43. The maximum absolute atomic E-state index is 12.9. The van der Waals surface area contributed by atoms with Crippen molar-refractivity contribution < 1.29 is 23.9 Å². The van der Waals surface area contributed by atoms with Gasteiger partial charge >= 0.3 is 6.03 Å². The van der Waals surface area contributed by atoms with E-state index >= 15 is 0 Å². The molecule has 0 bridgehead atoms. The Bertz CT molecular complexity index is 933. The van der Waals surface area contributed by atoms with E-state index in [4.69, 9.17) is 9.47 Å². The summed E-state index contributed by atoms with van der Waals surface area (Å²) >= 11 is 0. The molecule has 4 amide bonds. The summed E-state index contributed by atoms with van der Waals surface area (Å²) in [5.41, 5.74) is 0.861. The summed E-state index contributed by atoms with van der Waals surface area (Å²) in [6.45, 7) is 2.67. The number of hydrogen-bond acceptors (Lipinski definition) is 5. The Morgan fingerprint density at radius 3 is 2.24 bits per heavy atom. The molecule has 7 heteroatoms. The van der Waals surface area contributed by atoms with Crippen molar-refractivity contribution in [2.75, 3.05) is 18.6 Å². The summed E-state index contributed by atoms with van der Waals surface area (Å²) in [4.78, 5) is 38.3. The molecule has 2 aromatic carbocycles. The summed E-state index contributed by atoms with van der Waals surface area (Å²) in [6.07, 6.45) is 3.41. The molecule has 1 fully saturated rings. The molecule has 150 valence electrons. The van der Waals surface area contributed by atoms with Crippen LogP contribution in [0.4, 0.5) is 10.5 Å². The zero-order chi connectivity index (χ0) is 20.8. The summed E-state index contributed by atoms with van der Waals surface area (Å²) in [6, 6.07) is 12.7. The van der Waals surface area contributed by atoms with Crippen LogP contribution in [0.5, 0.6) is 11.5 Å². The highest BCUT2D eigenvalue weighted by Crippen LogP contribution is 2.25. The van der Waals surface area contributed by atoms with E-state index in [9.17, 15) is 14.4 Å². The Morgan fingerprint density at radius 1 is 0.966 bits per heavy atom. The number of hydrogen-bond donors (Lipinski definition) is 1. The molecule has 0 aliphatic carbocycles.